The van der Waals surface area contributed by atoms with E-state index in [2.05, 4.69) is 4.74 Å². The molecule has 19 heavy (non-hydrogen) atoms. The van der Waals surface area contributed by atoms with Gasteiger partial charge in [-0.1, -0.05) is 6.07 Å². The van der Waals surface area contributed by atoms with Crippen LogP contribution in [0.4, 0.5) is 4.79 Å². The zero-order chi connectivity index (χ0) is 14.3. The summed E-state index contributed by atoms with van der Waals surface area (Å²) in [7, 11) is 1.41. The Kier molecular flexibility index (Phi) is 5.40. The Morgan fingerprint density at radius 2 is 2.05 bits per heavy atom. The predicted octanol–water partition coefficient (Wildman–Crippen LogP) is 2.33. The van der Waals surface area contributed by atoms with Crippen molar-refractivity contribution < 1.29 is 28.9 Å². The maximum Gasteiger partial charge on any atom is 0.513 e. The number of rotatable bonds is 5. The fraction of sp³-hybridized carbons (Fsp3) is 0.231. The van der Waals surface area contributed by atoms with Crippen molar-refractivity contribution in [3.63, 3.8) is 0 Å². The van der Waals surface area contributed by atoms with Crippen molar-refractivity contribution in [2.75, 3.05) is 13.7 Å². The molecule has 0 aliphatic heterocycles. The number of methoxy groups -OCH3 is 1. The first-order valence-electron chi connectivity index (χ1n) is 5.50. The maximum atomic E-state index is 11.2. The molecule has 0 atom stereocenters. The molecule has 1 aromatic carbocycles. The SMILES string of the molecule is CCOC(=O)Oc1ccc(/C=C/C(=O)O)cc1OC. The average Bonchev–Trinajstić information content (AvgIpc) is 2.37. The van der Waals surface area contributed by atoms with Gasteiger partial charge in [0.25, 0.3) is 0 Å². The molecule has 1 rings (SSSR count). The van der Waals surface area contributed by atoms with Crippen LogP contribution < -0.4 is 9.47 Å². The number of carboxylic acids is 1. The zero-order valence-electron chi connectivity index (χ0n) is 10.6. The molecule has 0 aliphatic rings. The third-order valence-corrected chi connectivity index (χ3v) is 2.06. The summed E-state index contributed by atoms with van der Waals surface area (Å²) in [6.45, 7) is 1.87. The number of ether oxygens (including phenoxy) is 3. The average molecular weight is 266 g/mol. The molecule has 1 N–H and O–H groups in total. The topological polar surface area (TPSA) is 82.1 Å². The molecule has 0 fully saturated rings. The molecule has 0 saturated carbocycles. The second kappa shape index (κ2) is 7.05. The number of aliphatic carboxylic acids is 1. The van der Waals surface area contributed by atoms with Gasteiger partial charge in [-0.05, 0) is 30.7 Å². The fourth-order valence-corrected chi connectivity index (χ4v) is 1.28. The number of hydrogen-bond acceptors (Lipinski definition) is 5. The Bertz CT molecular complexity index is 492. The maximum absolute atomic E-state index is 11.2. The highest BCUT2D eigenvalue weighted by molar-refractivity contribution is 5.85. The van der Waals surface area contributed by atoms with Gasteiger partial charge in [-0.3, -0.25) is 0 Å². The summed E-state index contributed by atoms with van der Waals surface area (Å²) >= 11 is 0. The van der Waals surface area contributed by atoms with Gasteiger partial charge in [0.1, 0.15) is 0 Å². The molecular formula is C13H14O6. The van der Waals surface area contributed by atoms with Crippen molar-refractivity contribution in [3.8, 4) is 11.5 Å². The monoisotopic (exact) mass is 266 g/mol. The van der Waals surface area contributed by atoms with Crippen molar-refractivity contribution in [1.82, 2.24) is 0 Å². The van der Waals surface area contributed by atoms with Crippen molar-refractivity contribution in [2.24, 2.45) is 0 Å². The normalized spacial score (nSPS) is 10.2. The van der Waals surface area contributed by atoms with Gasteiger partial charge in [-0.15, -0.1) is 0 Å². The Morgan fingerprint density at radius 3 is 2.63 bits per heavy atom. The minimum Gasteiger partial charge on any atom is -0.493 e. The van der Waals surface area contributed by atoms with Crippen molar-refractivity contribution >= 4 is 18.2 Å². The highest BCUT2D eigenvalue weighted by Gasteiger charge is 2.10. The van der Waals surface area contributed by atoms with Crippen LogP contribution in [-0.2, 0) is 9.53 Å². The van der Waals surface area contributed by atoms with Gasteiger partial charge in [0.05, 0.1) is 13.7 Å². The lowest BCUT2D eigenvalue weighted by Gasteiger charge is -2.09. The van der Waals surface area contributed by atoms with Gasteiger partial charge in [0.15, 0.2) is 11.5 Å². The molecule has 0 amide bonds. The van der Waals surface area contributed by atoms with E-state index in [1.807, 2.05) is 0 Å². The predicted molar refractivity (Wildman–Crippen MR) is 67.3 cm³/mol. The van der Waals surface area contributed by atoms with Crippen LogP contribution in [0.25, 0.3) is 6.08 Å². The van der Waals surface area contributed by atoms with Crippen LogP contribution in [0.15, 0.2) is 24.3 Å². The third-order valence-electron chi connectivity index (χ3n) is 2.06. The Balaban J connectivity index is 2.90. The second-order valence-corrected chi connectivity index (χ2v) is 3.37. The van der Waals surface area contributed by atoms with E-state index in [-0.39, 0.29) is 12.4 Å². The minimum absolute atomic E-state index is 0.202. The molecule has 0 aliphatic carbocycles. The molecule has 0 heterocycles. The first-order valence-corrected chi connectivity index (χ1v) is 5.50. The van der Waals surface area contributed by atoms with Crippen LogP contribution in [0.2, 0.25) is 0 Å². The van der Waals surface area contributed by atoms with E-state index < -0.39 is 12.1 Å². The molecule has 0 bridgehead atoms. The quantitative estimate of drug-likeness (QED) is 0.500. The molecule has 0 spiro atoms. The summed E-state index contributed by atoms with van der Waals surface area (Å²) in [6.07, 6.45) is 1.58. The highest BCUT2D eigenvalue weighted by Crippen LogP contribution is 2.28. The van der Waals surface area contributed by atoms with E-state index in [0.29, 0.717) is 11.3 Å². The lowest BCUT2D eigenvalue weighted by Crippen LogP contribution is -2.10. The van der Waals surface area contributed by atoms with Crippen LogP contribution in [0, 0.1) is 0 Å². The molecule has 6 nitrogen and oxygen atoms in total. The minimum atomic E-state index is -1.05. The molecule has 0 unspecified atom stereocenters. The molecule has 0 aromatic heterocycles. The second-order valence-electron chi connectivity index (χ2n) is 3.37. The standard InChI is InChI=1S/C13H14O6/c1-3-18-13(16)19-10-6-4-9(5-7-12(14)15)8-11(10)17-2/h4-8H,3H2,1-2H3,(H,14,15)/b7-5+. The molecular weight excluding hydrogens is 252 g/mol. The largest absolute Gasteiger partial charge is 0.513 e. The summed E-state index contributed by atoms with van der Waals surface area (Å²) < 4.78 is 14.6. The van der Waals surface area contributed by atoms with Gasteiger partial charge < -0.3 is 19.3 Å². The zero-order valence-corrected chi connectivity index (χ0v) is 10.6. The molecule has 6 heteroatoms. The lowest BCUT2D eigenvalue weighted by molar-refractivity contribution is -0.131. The number of carbonyl (C=O) groups excluding carboxylic acids is 1. The van der Waals surface area contributed by atoms with Gasteiger partial charge in [-0.25, -0.2) is 9.59 Å². The van der Waals surface area contributed by atoms with Gasteiger partial charge in [-0.2, -0.15) is 0 Å². The Labute approximate surface area is 110 Å². The first-order chi connectivity index (χ1) is 9.06. The van der Waals surface area contributed by atoms with Crippen LogP contribution in [0.5, 0.6) is 11.5 Å². The number of carboxylic acid groups (broad SMARTS) is 1. The Hall–Kier alpha value is -2.50. The van der Waals surface area contributed by atoms with E-state index in [1.165, 1.54) is 19.3 Å². The summed E-state index contributed by atoms with van der Waals surface area (Å²) in [4.78, 5) is 21.6. The van der Waals surface area contributed by atoms with E-state index in [4.69, 9.17) is 14.6 Å². The number of carbonyl (C=O) groups is 2. The summed E-state index contributed by atoms with van der Waals surface area (Å²) in [5.74, 6) is -0.542. The van der Waals surface area contributed by atoms with Crippen molar-refractivity contribution in [1.29, 1.82) is 0 Å². The van der Waals surface area contributed by atoms with Crippen LogP contribution in [0.1, 0.15) is 12.5 Å². The highest BCUT2D eigenvalue weighted by atomic mass is 16.7. The van der Waals surface area contributed by atoms with E-state index in [1.54, 1.807) is 19.1 Å². The van der Waals surface area contributed by atoms with Crippen molar-refractivity contribution in [2.45, 2.75) is 6.92 Å². The third kappa shape index (κ3) is 4.71. The van der Waals surface area contributed by atoms with Crippen LogP contribution in [-0.4, -0.2) is 30.9 Å². The summed E-state index contributed by atoms with van der Waals surface area (Å²) in [5.41, 5.74) is 0.607. The summed E-state index contributed by atoms with van der Waals surface area (Å²) in [5, 5.41) is 8.53. The van der Waals surface area contributed by atoms with Gasteiger partial charge in [0, 0.05) is 6.08 Å². The van der Waals surface area contributed by atoms with E-state index >= 15 is 0 Å². The Morgan fingerprint density at radius 1 is 1.32 bits per heavy atom. The van der Waals surface area contributed by atoms with Crippen LogP contribution >= 0.6 is 0 Å². The number of hydrogen-bond donors (Lipinski definition) is 1. The smallest absolute Gasteiger partial charge is 0.493 e. The fourth-order valence-electron chi connectivity index (χ4n) is 1.28. The molecule has 0 radical (unpaired) electrons. The van der Waals surface area contributed by atoms with Crippen LogP contribution in [0.3, 0.4) is 0 Å². The summed E-state index contributed by atoms with van der Waals surface area (Å²) in [6, 6.07) is 4.64. The van der Waals surface area contributed by atoms with E-state index in [0.717, 1.165) is 6.08 Å². The first kappa shape index (κ1) is 14.6. The molecule has 1 aromatic rings. The van der Waals surface area contributed by atoms with E-state index in [9.17, 15) is 9.59 Å². The number of benzene rings is 1. The van der Waals surface area contributed by atoms with Crippen molar-refractivity contribution in [3.05, 3.63) is 29.8 Å². The molecule has 102 valence electrons. The van der Waals surface area contributed by atoms with Gasteiger partial charge >= 0.3 is 12.1 Å². The lowest BCUT2D eigenvalue weighted by atomic mass is 10.2. The molecule has 0 saturated heterocycles. The van der Waals surface area contributed by atoms with Gasteiger partial charge in [0.2, 0.25) is 0 Å².